The third-order valence-corrected chi connectivity index (χ3v) is 2.44. The molecular formula is C10H17N3O8. The fraction of sp³-hybridized carbons (Fsp3) is 0.600. The van der Waals surface area contributed by atoms with Crippen LogP contribution in [0.15, 0.2) is 0 Å². The largest absolute Gasteiger partial charge is 0.481 e. The predicted molar refractivity (Wildman–Crippen MR) is 66.7 cm³/mol. The van der Waals surface area contributed by atoms with Gasteiger partial charge in [-0.2, -0.15) is 0 Å². The van der Waals surface area contributed by atoms with Gasteiger partial charge in [-0.3, -0.25) is 19.2 Å². The summed E-state index contributed by atoms with van der Waals surface area (Å²) in [7, 11) is 0. The number of carbonyl (C=O) groups is 4. The van der Waals surface area contributed by atoms with Crippen molar-refractivity contribution >= 4 is 23.9 Å². The van der Waals surface area contributed by atoms with Crippen LogP contribution in [-0.2, 0) is 19.2 Å². The highest BCUT2D eigenvalue weighted by Gasteiger charge is 2.25. The van der Waals surface area contributed by atoms with Crippen molar-refractivity contribution in [1.29, 1.82) is 0 Å². The normalized spacial score (nSPS) is 14.9. The number of hydrogen-bond donors (Lipinski definition) is 7. The zero-order valence-electron chi connectivity index (χ0n) is 10.9. The number of carboxylic acid groups (broad SMARTS) is 4. The molecule has 0 saturated carbocycles. The van der Waals surface area contributed by atoms with Crippen LogP contribution in [0.2, 0.25) is 0 Å². The first-order valence-electron chi connectivity index (χ1n) is 5.77. The second-order valence-electron chi connectivity index (χ2n) is 4.14. The topological polar surface area (TPSA) is 199 Å². The summed E-state index contributed by atoms with van der Waals surface area (Å²) in [6.45, 7) is -0.753. The van der Waals surface area contributed by atoms with Gasteiger partial charge in [0.05, 0.1) is 6.42 Å². The molecule has 0 radical (unpaired) electrons. The van der Waals surface area contributed by atoms with E-state index < -0.39 is 55.0 Å². The van der Waals surface area contributed by atoms with E-state index in [0.29, 0.717) is 0 Å². The Labute approximate surface area is 118 Å². The summed E-state index contributed by atoms with van der Waals surface area (Å²) in [5.41, 5.74) is 5.19. The van der Waals surface area contributed by atoms with Gasteiger partial charge in [-0.25, -0.2) is 0 Å². The molecule has 0 bridgehead atoms. The maximum atomic E-state index is 10.9. The standard InChI is InChI=1S/C10H17N3O8/c11-4(8(16)17)2-12-6(10(20)21)3-13-5(9(18)19)1-7(14)15/h4-6,12-13H,1-3,11H2,(H,14,15)(H,16,17)(H,18,19)(H,20,21)/t4?,5-,6?/m0/s1. The molecule has 0 aliphatic rings. The highest BCUT2D eigenvalue weighted by molar-refractivity contribution is 5.80. The molecule has 120 valence electrons. The van der Waals surface area contributed by atoms with Crippen molar-refractivity contribution < 1.29 is 39.6 Å². The van der Waals surface area contributed by atoms with Crippen LogP contribution < -0.4 is 16.4 Å². The van der Waals surface area contributed by atoms with Gasteiger partial charge >= 0.3 is 23.9 Å². The maximum Gasteiger partial charge on any atom is 0.322 e. The zero-order valence-corrected chi connectivity index (χ0v) is 10.9. The minimum absolute atomic E-state index is 0.343. The van der Waals surface area contributed by atoms with Crippen molar-refractivity contribution in [3.63, 3.8) is 0 Å². The molecule has 3 atom stereocenters. The lowest BCUT2D eigenvalue weighted by Gasteiger charge is -2.19. The van der Waals surface area contributed by atoms with Gasteiger partial charge in [0, 0.05) is 13.1 Å². The Balaban J connectivity index is 4.49. The predicted octanol–water partition coefficient (Wildman–Crippen LogP) is -3.04. The Kier molecular flexibility index (Phi) is 7.89. The minimum Gasteiger partial charge on any atom is -0.481 e. The van der Waals surface area contributed by atoms with E-state index in [2.05, 4.69) is 10.6 Å². The summed E-state index contributed by atoms with van der Waals surface area (Å²) in [5, 5.41) is 39.4. The van der Waals surface area contributed by atoms with Gasteiger partial charge in [0.15, 0.2) is 0 Å². The van der Waals surface area contributed by atoms with Crippen molar-refractivity contribution in [3.8, 4) is 0 Å². The van der Waals surface area contributed by atoms with Crippen molar-refractivity contribution in [3.05, 3.63) is 0 Å². The molecule has 11 nitrogen and oxygen atoms in total. The Morgan fingerprint density at radius 2 is 1.29 bits per heavy atom. The van der Waals surface area contributed by atoms with Gasteiger partial charge in [0.2, 0.25) is 0 Å². The third kappa shape index (κ3) is 7.81. The Hall–Kier alpha value is -2.24. The Morgan fingerprint density at radius 3 is 1.67 bits per heavy atom. The molecule has 0 rings (SSSR count). The number of rotatable bonds is 11. The number of carboxylic acids is 4. The van der Waals surface area contributed by atoms with Gasteiger partial charge in [0.1, 0.15) is 18.1 Å². The summed E-state index contributed by atoms with van der Waals surface area (Å²) in [6.07, 6.45) is -0.726. The van der Waals surface area contributed by atoms with E-state index in [1.165, 1.54) is 0 Å². The molecule has 0 saturated heterocycles. The van der Waals surface area contributed by atoms with Crippen LogP contribution in [0.25, 0.3) is 0 Å². The summed E-state index contributed by atoms with van der Waals surface area (Å²) in [6, 6.07) is -4.09. The zero-order chi connectivity index (χ0) is 16.6. The van der Waals surface area contributed by atoms with Crippen molar-refractivity contribution in [2.75, 3.05) is 13.1 Å². The lowest BCUT2D eigenvalue weighted by atomic mass is 10.2. The smallest absolute Gasteiger partial charge is 0.322 e. The summed E-state index contributed by atoms with van der Waals surface area (Å²) < 4.78 is 0. The first kappa shape index (κ1) is 18.8. The first-order chi connectivity index (χ1) is 9.65. The highest BCUT2D eigenvalue weighted by atomic mass is 16.4. The molecule has 0 amide bonds. The maximum absolute atomic E-state index is 10.9. The molecular weight excluding hydrogens is 290 g/mol. The van der Waals surface area contributed by atoms with Crippen molar-refractivity contribution in [2.45, 2.75) is 24.5 Å². The summed E-state index contributed by atoms with van der Waals surface area (Å²) >= 11 is 0. The average molecular weight is 307 g/mol. The van der Waals surface area contributed by atoms with Crippen molar-refractivity contribution in [1.82, 2.24) is 10.6 Å². The molecule has 11 heteroatoms. The molecule has 0 aliphatic heterocycles. The van der Waals surface area contributed by atoms with Crippen LogP contribution in [0.5, 0.6) is 0 Å². The van der Waals surface area contributed by atoms with Gasteiger partial charge < -0.3 is 36.8 Å². The molecule has 0 spiro atoms. The molecule has 0 aromatic rings. The van der Waals surface area contributed by atoms with Crippen LogP contribution in [0.3, 0.4) is 0 Å². The molecule has 0 aromatic carbocycles. The Bertz CT molecular complexity index is 413. The molecule has 8 N–H and O–H groups in total. The molecule has 0 fully saturated rings. The second kappa shape index (κ2) is 8.84. The average Bonchev–Trinajstić information content (AvgIpc) is 2.35. The van der Waals surface area contributed by atoms with Crippen LogP contribution in [0.1, 0.15) is 6.42 Å². The number of nitrogens with two attached hydrogens (primary N) is 1. The fourth-order valence-electron chi connectivity index (χ4n) is 1.28. The van der Waals surface area contributed by atoms with Crippen LogP contribution in [0.4, 0.5) is 0 Å². The van der Waals surface area contributed by atoms with E-state index in [4.69, 9.17) is 26.2 Å². The fourth-order valence-corrected chi connectivity index (χ4v) is 1.28. The lowest BCUT2D eigenvalue weighted by molar-refractivity contribution is -0.146. The van der Waals surface area contributed by atoms with E-state index in [1.807, 2.05) is 0 Å². The summed E-state index contributed by atoms with van der Waals surface area (Å²) in [5.74, 6) is -5.49. The number of aliphatic carboxylic acids is 4. The summed E-state index contributed by atoms with van der Waals surface area (Å²) in [4.78, 5) is 42.7. The number of hydrogen-bond acceptors (Lipinski definition) is 7. The van der Waals surface area contributed by atoms with Gasteiger partial charge in [-0.1, -0.05) is 0 Å². The van der Waals surface area contributed by atoms with E-state index in [-0.39, 0.29) is 6.54 Å². The quantitative estimate of drug-likeness (QED) is 0.204. The van der Waals surface area contributed by atoms with E-state index in [0.717, 1.165) is 0 Å². The van der Waals surface area contributed by atoms with E-state index >= 15 is 0 Å². The SMILES string of the molecule is NC(CNC(CN[C@@H](CC(=O)O)C(=O)O)C(=O)O)C(=O)O. The first-order valence-corrected chi connectivity index (χ1v) is 5.77. The van der Waals surface area contributed by atoms with E-state index in [9.17, 15) is 19.2 Å². The minimum atomic E-state index is -1.46. The Morgan fingerprint density at radius 1 is 0.810 bits per heavy atom. The molecule has 0 aliphatic carbocycles. The lowest BCUT2D eigenvalue weighted by Crippen LogP contribution is -2.53. The van der Waals surface area contributed by atoms with Crippen LogP contribution >= 0.6 is 0 Å². The third-order valence-electron chi connectivity index (χ3n) is 2.44. The highest BCUT2D eigenvalue weighted by Crippen LogP contribution is 1.94. The van der Waals surface area contributed by atoms with Crippen LogP contribution in [-0.4, -0.2) is 75.5 Å². The van der Waals surface area contributed by atoms with Gasteiger partial charge in [0.25, 0.3) is 0 Å². The van der Waals surface area contributed by atoms with Gasteiger partial charge in [-0.15, -0.1) is 0 Å². The van der Waals surface area contributed by atoms with E-state index in [1.54, 1.807) is 0 Å². The van der Waals surface area contributed by atoms with Crippen molar-refractivity contribution in [2.24, 2.45) is 5.73 Å². The molecule has 0 heterocycles. The van der Waals surface area contributed by atoms with Crippen LogP contribution in [0, 0.1) is 0 Å². The van der Waals surface area contributed by atoms with Gasteiger partial charge in [-0.05, 0) is 0 Å². The molecule has 2 unspecified atom stereocenters. The number of nitrogens with one attached hydrogen (secondary N) is 2. The molecule has 21 heavy (non-hydrogen) atoms. The molecule has 0 aromatic heterocycles. The monoisotopic (exact) mass is 307 g/mol. The second-order valence-corrected chi connectivity index (χ2v) is 4.14.